The van der Waals surface area contributed by atoms with E-state index >= 15 is 0 Å². The first kappa shape index (κ1) is 19.0. The van der Waals surface area contributed by atoms with Crippen molar-refractivity contribution in [3.05, 3.63) is 41.0 Å². The zero-order valence-electron chi connectivity index (χ0n) is 16.5. The van der Waals surface area contributed by atoms with Crippen LogP contribution in [0.2, 0.25) is 0 Å². The second-order valence-electron chi connectivity index (χ2n) is 9.15. The van der Waals surface area contributed by atoms with Gasteiger partial charge >= 0.3 is 0 Å². The van der Waals surface area contributed by atoms with Gasteiger partial charge in [-0.25, -0.2) is 4.39 Å². The summed E-state index contributed by atoms with van der Waals surface area (Å²) in [7, 11) is 0. The minimum Gasteiger partial charge on any atom is -0.486 e. The predicted octanol–water partition coefficient (Wildman–Crippen LogP) is 6.99. The van der Waals surface area contributed by atoms with E-state index in [1.165, 1.54) is 63.0 Å². The number of rotatable bonds is 6. The lowest BCUT2D eigenvalue weighted by Gasteiger charge is -2.35. The molecule has 148 valence electrons. The number of aryl methyl sites for hydroxylation is 1. The maximum atomic E-state index is 13.9. The SMILES string of the molecule is Cc1ccc(OCC2=CCC(C3CCC(CC4CC4)CC3)CC2)c(F)c1F. The molecule has 0 aromatic heterocycles. The molecule has 1 unspecified atom stereocenters. The fraction of sp³-hybridized carbons (Fsp3) is 0.667. The number of ether oxygens (including phenoxy) is 1. The Balaban J connectivity index is 1.23. The third kappa shape index (κ3) is 4.73. The van der Waals surface area contributed by atoms with Crippen molar-refractivity contribution in [3.63, 3.8) is 0 Å². The van der Waals surface area contributed by atoms with Crippen LogP contribution in [0, 0.1) is 42.2 Å². The number of hydrogen-bond acceptors (Lipinski definition) is 1. The van der Waals surface area contributed by atoms with Gasteiger partial charge in [0.05, 0.1) is 0 Å². The van der Waals surface area contributed by atoms with Gasteiger partial charge in [-0.3, -0.25) is 0 Å². The molecule has 0 aliphatic heterocycles. The van der Waals surface area contributed by atoms with Crippen LogP contribution in [-0.2, 0) is 0 Å². The van der Waals surface area contributed by atoms with E-state index in [0.717, 1.165) is 36.5 Å². The first-order valence-electron chi connectivity index (χ1n) is 10.9. The molecule has 1 aromatic rings. The lowest BCUT2D eigenvalue weighted by molar-refractivity contribution is 0.182. The summed E-state index contributed by atoms with van der Waals surface area (Å²) in [6.07, 6.45) is 15.8. The quantitative estimate of drug-likeness (QED) is 0.488. The molecular weight excluding hydrogens is 342 g/mol. The Bertz CT molecular complexity index is 684. The first-order valence-corrected chi connectivity index (χ1v) is 10.9. The van der Waals surface area contributed by atoms with Gasteiger partial charge in [-0.05, 0) is 86.3 Å². The van der Waals surface area contributed by atoms with Crippen LogP contribution in [0.3, 0.4) is 0 Å². The number of halogens is 2. The van der Waals surface area contributed by atoms with Gasteiger partial charge < -0.3 is 4.74 Å². The summed E-state index contributed by atoms with van der Waals surface area (Å²) in [6.45, 7) is 1.94. The first-order chi connectivity index (χ1) is 13.1. The molecule has 0 heterocycles. The third-order valence-corrected chi connectivity index (χ3v) is 7.12. The Morgan fingerprint density at radius 2 is 1.59 bits per heavy atom. The van der Waals surface area contributed by atoms with Gasteiger partial charge in [0.15, 0.2) is 11.6 Å². The molecule has 1 nitrogen and oxygen atoms in total. The molecule has 0 bridgehead atoms. The van der Waals surface area contributed by atoms with E-state index in [4.69, 9.17) is 4.74 Å². The molecule has 1 atom stereocenters. The second-order valence-corrected chi connectivity index (χ2v) is 9.15. The minimum atomic E-state index is -0.868. The number of allylic oxidation sites excluding steroid dienone is 1. The maximum Gasteiger partial charge on any atom is 0.200 e. The van der Waals surface area contributed by atoms with Crippen molar-refractivity contribution in [3.8, 4) is 5.75 Å². The third-order valence-electron chi connectivity index (χ3n) is 7.12. The molecule has 2 saturated carbocycles. The zero-order chi connectivity index (χ0) is 18.8. The smallest absolute Gasteiger partial charge is 0.200 e. The van der Waals surface area contributed by atoms with Crippen molar-refractivity contribution in [2.75, 3.05) is 6.61 Å². The van der Waals surface area contributed by atoms with Crippen molar-refractivity contribution in [2.45, 2.75) is 71.1 Å². The number of hydrogen-bond donors (Lipinski definition) is 0. The van der Waals surface area contributed by atoms with Crippen LogP contribution in [0.5, 0.6) is 5.75 Å². The summed E-state index contributed by atoms with van der Waals surface area (Å²) in [5.41, 5.74) is 1.54. The molecule has 3 aliphatic carbocycles. The van der Waals surface area contributed by atoms with Crippen LogP contribution >= 0.6 is 0 Å². The van der Waals surface area contributed by atoms with Gasteiger partial charge in [0.2, 0.25) is 5.82 Å². The molecule has 0 saturated heterocycles. The molecule has 3 aliphatic rings. The molecule has 1 aromatic carbocycles. The Hall–Kier alpha value is -1.38. The summed E-state index contributed by atoms with van der Waals surface area (Å²) in [6, 6.07) is 3.10. The van der Waals surface area contributed by atoms with Gasteiger partial charge in [0, 0.05) is 0 Å². The Labute approximate surface area is 162 Å². The highest BCUT2D eigenvalue weighted by Crippen LogP contribution is 2.44. The van der Waals surface area contributed by atoms with E-state index in [1.54, 1.807) is 13.0 Å². The summed E-state index contributed by atoms with van der Waals surface area (Å²) < 4.78 is 33.1. The highest BCUT2D eigenvalue weighted by Gasteiger charge is 2.31. The monoisotopic (exact) mass is 374 g/mol. The molecular formula is C24H32F2O. The molecule has 3 heteroatoms. The van der Waals surface area contributed by atoms with Gasteiger partial charge in [0.1, 0.15) is 6.61 Å². The average molecular weight is 375 g/mol. The van der Waals surface area contributed by atoms with E-state index in [9.17, 15) is 8.78 Å². The van der Waals surface area contributed by atoms with Crippen molar-refractivity contribution < 1.29 is 13.5 Å². The van der Waals surface area contributed by atoms with E-state index < -0.39 is 11.6 Å². The molecule has 0 N–H and O–H groups in total. The van der Waals surface area contributed by atoms with E-state index in [1.807, 2.05) is 0 Å². The molecule has 27 heavy (non-hydrogen) atoms. The average Bonchev–Trinajstić information content (AvgIpc) is 3.51. The van der Waals surface area contributed by atoms with Crippen molar-refractivity contribution in [2.24, 2.45) is 23.7 Å². The fourth-order valence-electron chi connectivity index (χ4n) is 5.10. The zero-order valence-corrected chi connectivity index (χ0v) is 16.5. The lowest BCUT2D eigenvalue weighted by Crippen LogP contribution is -2.24. The van der Waals surface area contributed by atoms with Crippen molar-refractivity contribution >= 4 is 0 Å². The topological polar surface area (TPSA) is 9.23 Å². The normalized spacial score (nSPS) is 28.7. The summed E-state index contributed by atoms with van der Waals surface area (Å²) in [5.74, 6) is 2.12. The van der Waals surface area contributed by atoms with E-state index in [-0.39, 0.29) is 5.75 Å². The van der Waals surface area contributed by atoms with Crippen LogP contribution in [0.1, 0.15) is 69.8 Å². The van der Waals surface area contributed by atoms with Gasteiger partial charge in [-0.15, -0.1) is 0 Å². The minimum absolute atomic E-state index is 0.0232. The standard InChI is InChI=1S/C24H32F2O/c1-16-2-13-22(24(26)23(16)25)27-15-19-7-11-21(12-8-19)20-9-5-18(6-10-20)14-17-3-4-17/h2,7,13,17-18,20-21H,3-6,8-12,14-15H2,1H3. The highest BCUT2D eigenvalue weighted by molar-refractivity contribution is 5.30. The van der Waals surface area contributed by atoms with Crippen LogP contribution in [0.15, 0.2) is 23.8 Å². The van der Waals surface area contributed by atoms with E-state index in [2.05, 4.69) is 6.08 Å². The van der Waals surface area contributed by atoms with Crippen LogP contribution in [0.4, 0.5) is 8.78 Å². The van der Waals surface area contributed by atoms with Crippen LogP contribution < -0.4 is 4.74 Å². The largest absolute Gasteiger partial charge is 0.486 e. The maximum absolute atomic E-state index is 13.9. The molecule has 0 spiro atoms. The fourth-order valence-corrected chi connectivity index (χ4v) is 5.10. The lowest BCUT2D eigenvalue weighted by atomic mass is 9.70. The van der Waals surface area contributed by atoms with Gasteiger partial charge in [-0.2, -0.15) is 4.39 Å². The van der Waals surface area contributed by atoms with Crippen molar-refractivity contribution in [1.29, 1.82) is 0 Å². The Morgan fingerprint density at radius 3 is 2.22 bits per heavy atom. The molecule has 0 amide bonds. The Morgan fingerprint density at radius 1 is 0.889 bits per heavy atom. The number of benzene rings is 1. The molecule has 2 fully saturated rings. The summed E-state index contributed by atoms with van der Waals surface area (Å²) >= 11 is 0. The Kier molecular flexibility index (Phi) is 5.85. The predicted molar refractivity (Wildman–Crippen MR) is 105 cm³/mol. The molecule has 4 rings (SSSR count). The summed E-state index contributed by atoms with van der Waals surface area (Å²) in [5, 5.41) is 0. The second kappa shape index (κ2) is 8.32. The molecule has 0 radical (unpaired) electrons. The van der Waals surface area contributed by atoms with Crippen LogP contribution in [0.25, 0.3) is 0 Å². The van der Waals surface area contributed by atoms with Crippen molar-refractivity contribution in [1.82, 2.24) is 0 Å². The van der Waals surface area contributed by atoms with Gasteiger partial charge in [0.25, 0.3) is 0 Å². The summed E-state index contributed by atoms with van der Waals surface area (Å²) in [4.78, 5) is 0. The van der Waals surface area contributed by atoms with Crippen LogP contribution in [-0.4, -0.2) is 6.61 Å². The van der Waals surface area contributed by atoms with Gasteiger partial charge in [-0.1, -0.05) is 37.8 Å². The van der Waals surface area contributed by atoms with E-state index in [0.29, 0.717) is 12.2 Å². The highest BCUT2D eigenvalue weighted by atomic mass is 19.2.